The zero-order chi connectivity index (χ0) is 9.97. The summed E-state index contributed by atoms with van der Waals surface area (Å²) in [5.41, 5.74) is 0.536. The molecule has 0 aromatic carbocycles. The predicted molar refractivity (Wildman–Crippen MR) is 48.8 cm³/mol. The van der Waals surface area contributed by atoms with E-state index in [1.807, 2.05) is 0 Å². The first-order chi connectivity index (χ1) is 6.75. The summed E-state index contributed by atoms with van der Waals surface area (Å²) in [6, 6.07) is 0. The minimum Gasteiger partial charge on any atom is -0.481 e. The van der Waals surface area contributed by atoms with Gasteiger partial charge in [-0.3, -0.25) is 9.89 Å². The van der Waals surface area contributed by atoms with Gasteiger partial charge in [-0.15, -0.1) is 11.3 Å². The first kappa shape index (κ1) is 8.82. The minimum absolute atomic E-state index is 0.0648. The number of aromatic nitrogens is 4. The van der Waals surface area contributed by atoms with Crippen LogP contribution in [0, 0.1) is 0 Å². The Kier molecular flexibility index (Phi) is 2.23. The van der Waals surface area contributed by atoms with Gasteiger partial charge >= 0.3 is 5.97 Å². The minimum atomic E-state index is -0.889. The van der Waals surface area contributed by atoms with Crippen LogP contribution in [0.2, 0.25) is 0 Å². The Morgan fingerprint density at radius 1 is 1.64 bits per heavy atom. The summed E-state index contributed by atoms with van der Waals surface area (Å²) in [6.45, 7) is 0. The van der Waals surface area contributed by atoms with Crippen LogP contribution in [-0.4, -0.2) is 31.2 Å². The molecule has 0 saturated heterocycles. The van der Waals surface area contributed by atoms with Gasteiger partial charge < -0.3 is 5.11 Å². The highest BCUT2D eigenvalue weighted by Gasteiger charge is 2.09. The van der Waals surface area contributed by atoms with Crippen LogP contribution in [0.15, 0.2) is 11.7 Å². The molecule has 0 saturated carbocycles. The quantitative estimate of drug-likeness (QED) is 0.772. The number of hydrogen-bond donors (Lipinski definition) is 2. The molecule has 2 rings (SSSR count). The summed E-state index contributed by atoms with van der Waals surface area (Å²) in [5.74, 6) is -0.328. The third kappa shape index (κ3) is 1.77. The molecule has 2 N–H and O–H groups in total. The smallest absolute Gasteiger partial charge is 0.309 e. The number of aliphatic carboxylic acids is 1. The van der Waals surface area contributed by atoms with Gasteiger partial charge in [0.25, 0.3) is 0 Å². The maximum absolute atomic E-state index is 10.4. The van der Waals surface area contributed by atoms with Crippen molar-refractivity contribution in [2.75, 3.05) is 0 Å². The van der Waals surface area contributed by atoms with Crippen molar-refractivity contribution in [2.24, 2.45) is 0 Å². The molecule has 0 aliphatic rings. The van der Waals surface area contributed by atoms with E-state index in [9.17, 15) is 4.79 Å². The molecule has 2 aromatic heterocycles. The van der Waals surface area contributed by atoms with Crippen LogP contribution in [-0.2, 0) is 11.2 Å². The molecule has 2 aromatic rings. The number of nitrogens with one attached hydrogen (secondary N) is 1. The SMILES string of the molecule is O=C(O)Cc1csc(-c2ncn[nH]2)n1. The summed E-state index contributed by atoms with van der Waals surface area (Å²) in [7, 11) is 0. The van der Waals surface area contributed by atoms with Crippen LogP contribution in [0.4, 0.5) is 0 Å². The maximum atomic E-state index is 10.4. The van der Waals surface area contributed by atoms with Gasteiger partial charge in [-0.1, -0.05) is 0 Å². The lowest BCUT2D eigenvalue weighted by molar-refractivity contribution is -0.136. The molecule has 0 aliphatic carbocycles. The first-order valence-electron chi connectivity index (χ1n) is 3.77. The number of thiazole rings is 1. The molecule has 72 valence electrons. The monoisotopic (exact) mass is 210 g/mol. The standard InChI is InChI=1S/C7H6N4O2S/c12-5(13)1-4-2-14-7(10-4)6-8-3-9-11-6/h2-3H,1H2,(H,12,13)(H,8,9,11). The average Bonchev–Trinajstić information content (AvgIpc) is 2.69. The molecule has 0 atom stereocenters. The molecule has 2 heterocycles. The number of nitrogens with zero attached hydrogens (tertiary/aromatic N) is 3. The van der Waals surface area contributed by atoms with Gasteiger partial charge in [-0.25, -0.2) is 9.97 Å². The van der Waals surface area contributed by atoms with Crippen LogP contribution >= 0.6 is 11.3 Å². The van der Waals surface area contributed by atoms with Crippen LogP contribution in [0.5, 0.6) is 0 Å². The van der Waals surface area contributed by atoms with Crippen LogP contribution < -0.4 is 0 Å². The van der Waals surface area contributed by atoms with E-state index in [0.29, 0.717) is 16.5 Å². The first-order valence-corrected chi connectivity index (χ1v) is 4.65. The highest BCUT2D eigenvalue weighted by molar-refractivity contribution is 7.13. The van der Waals surface area contributed by atoms with E-state index in [0.717, 1.165) is 0 Å². The molecule has 0 bridgehead atoms. The Morgan fingerprint density at radius 3 is 3.14 bits per heavy atom. The Bertz CT molecular complexity index is 436. The van der Waals surface area contributed by atoms with Crippen molar-refractivity contribution in [1.29, 1.82) is 0 Å². The van der Waals surface area contributed by atoms with Gasteiger partial charge in [-0.2, -0.15) is 5.10 Å². The lowest BCUT2D eigenvalue weighted by Crippen LogP contribution is -1.99. The van der Waals surface area contributed by atoms with Gasteiger partial charge in [0, 0.05) is 5.38 Å². The number of aromatic amines is 1. The van der Waals surface area contributed by atoms with E-state index in [2.05, 4.69) is 20.2 Å². The normalized spacial score (nSPS) is 10.3. The highest BCUT2D eigenvalue weighted by Crippen LogP contribution is 2.19. The molecule has 0 amide bonds. The van der Waals surface area contributed by atoms with Gasteiger partial charge in [0.1, 0.15) is 6.33 Å². The Hall–Kier alpha value is -1.76. The number of H-pyrrole nitrogens is 1. The molecule has 0 unspecified atom stereocenters. The van der Waals surface area contributed by atoms with E-state index >= 15 is 0 Å². The average molecular weight is 210 g/mol. The largest absolute Gasteiger partial charge is 0.481 e. The third-order valence-corrected chi connectivity index (χ3v) is 2.40. The van der Waals surface area contributed by atoms with Gasteiger partial charge in [0.05, 0.1) is 12.1 Å². The molecular weight excluding hydrogens is 204 g/mol. The van der Waals surface area contributed by atoms with Crippen molar-refractivity contribution in [3.05, 3.63) is 17.4 Å². The summed E-state index contributed by atoms with van der Waals surface area (Å²) < 4.78 is 0. The Balaban J connectivity index is 2.22. The zero-order valence-corrected chi connectivity index (χ0v) is 7.78. The van der Waals surface area contributed by atoms with Crippen LogP contribution in [0.25, 0.3) is 10.8 Å². The van der Waals surface area contributed by atoms with E-state index in [1.165, 1.54) is 17.7 Å². The van der Waals surface area contributed by atoms with Crippen molar-refractivity contribution < 1.29 is 9.90 Å². The van der Waals surface area contributed by atoms with E-state index in [1.54, 1.807) is 5.38 Å². The molecule has 0 aliphatic heterocycles. The molecular formula is C7H6N4O2S. The van der Waals surface area contributed by atoms with Gasteiger partial charge in [0.2, 0.25) is 0 Å². The summed E-state index contributed by atoms with van der Waals surface area (Å²) >= 11 is 1.34. The second-order valence-electron chi connectivity index (χ2n) is 2.55. The molecule has 0 fully saturated rings. The van der Waals surface area contributed by atoms with Crippen molar-refractivity contribution in [2.45, 2.75) is 6.42 Å². The van der Waals surface area contributed by atoms with Crippen molar-refractivity contribution in [3.63, 3.8) is 0 Å². The van der Waals surface area contributed by atoms with Crippen molar-refractivity contribution in [1.82, 2.24) is 20.2 Å². The lowest BCUT2D eigenvalue weighted by atomic mass is 10.3. The second-order valence-corrected chi connectivity index (χ2v) is 3.41. The third-order valence-electron chi connectivity index (χ3n) is 1.50. The predicted octanol–water partition coefficient (Wildman–Crippen LogP) is 0.555. The fourth-order valence-corrected chi connectivity index (χ4v) is 1.72. The van der Waals surface area contributed by atoms with Crippen LogP contribution in [0.1, 0.15) is 5.69 Å². The number of carbonyl (C=O) groups is 1. The zero-order valence-electron chi connectivity index (χ0n) is 6.97. The van der Waals surface area contributed by atoms with Gasteiger partial charge in [-0.05, 0) is 0 Å². The summed E-state index contributed by atoms with van der Waals surface area (Å²) in [4.78, 5) is 18.4. The molecule has 7 heteroatoms. The van der Waals surface area contributed by atoms with Crippen molar-refractivity contribution in [3.8, 4) is 10.8 Å². The number of rotatable bonds is 3. The van der Waals surface area contributed by atoms with Gasteiger partial charge in [0.15, 0.2) is 10.8 Å². The maximum Gasteiger partial charge on any atom is 0.309 e. The number of hydrogen-bond acceptors (Lipinski definition) is 5. The summed E-state index contributed by atoms with van der Waals surface area (Å²) in [6.07, 6.45) is 1.32. The fourth-order valence-electron chi connectivity index (χ4n) is 0.960. The fraction of sp³-hybridized carbons (Fsp3) is 0.143. The molecule has 6 nitrogen and oxygen atoms in total. The van der Waals surface area contributed by atoms with E-state index in [-0.39, 0.29) is 6.42 Å². The molecule has 14 heavy (non-hydrogen) atoms. The van der Waals surface area contributed by atoms with E-state index in [4.69, 9.17) is 5.11 Å². The van der Waals surface area contributed by atoms with Crippen LogP contribution in [0.3, 0.4) is 0 Å². The Morgan fingerprint density at radius 2 is 2.50 bits per heavy atom. The Labute approximate surface area is 82.7 Å². The number of carboxylic acids is 1. The molecule has 0 radical (unpaired) electrons. The van der Waals surface area contributed by atoms with Crippen molar-refractivity contribution >= 4 is 17.3 Å². The van der Waals surface area contributed by atoms with E-state index < -0.39 is 5.97 Å². The number of carboxylic acid groups (broad SMARTS) is 1. The highest BCUT2D eigenvalue weighted by atomic mass is 32.1. The lowest BCUT2D eigenvalue weighted by Gasteiger charge is -1.87. The topological polar surface area (TPSA) is 91.8 Å². The molecule has 0 spiro atoms. The summed E-state index contributed by atoms with van der Waals surface area (Å²) in [5, 5.41) is 17.2. The second kappa shape index (κ2) is 3.54.